The largest absolute Gasteiger partial charge is 0.373 e. The molecule has 0 bridgehead atoms. The monoisotopic (exact) mass is 169 g/mol. The fourth-order valence-electron chi connectivity index (χ4n) is 2.07. The average Bonchev–Trinajstić information content (AvgIpc) is 2.60. The summed E-state index contributed by atoms with van der Waals surface area (Å²) in [5.41, 5.74) is 0. The quantitative estimate of drug-likeness (QED) is 0.510. The van der Waals surface area contributed by atoms with Crippen molar-refractivity contribution in [2.24, 2.45) is 5.92 Å². The number of rotatable bonds is 1. The number of carbonyl (C=O) groups is 1. The molecule has 1 saturated carbocycles. The van der Waals surface area contributed by atoms with Crippen molar-refractivity contribution in [1.82, 2.24) is 4.90 Å². The maximum Gasteiger partial charge on any atom is 0.237 e. The van der Waals surface area contributed by atoms with Crippen molar-refractivity contribution in [3.05, 3.63) is 0 Å². The summed E-state index contributed by atoms with van der Waals surface area (Å²) in [6.07, 6.45) is 0.473. The van der Waals surface area contributed by atoms with Gasteiger partial charge in [0.25, 0.3) is 0 Å². The lowest BCUT2D eigenvalue weighted by atomic mass is 10.3. The van der Waals surface area contributed by atoms with Crippen LogP contribution in [0.5, 0.6) is 0 Å². The summed E-state index contributed by atoms with van der Waals surface area (Å²) in [7, 11) is 0. The van der Waals surface area contributed by atoms with Crippen molar-refractivity contribution in [3.8, 4) is 0 Å². The van der Waals surface area contributed by atoms with E-state index in [0.29, 0.717) is 6.54 Å². The van der Waals surface area contributed by atoms with E-state index < -0.39 is 6.23 Å². The molecular weight excluding hydrogens is 157 g/mol. The van der Waals surface area contributed by atoms with Gasteiger partial charge in [0.15, 0.2) is 0 Å². The third kappa shape index (κ3) is 0.753. The summed E-state index contributed by atoms with van der Waals surface area (Å²) in [5, 5.41) is 9.56. The molecule has 2 rings (SSSR count). The van der Waals surface area contributed by atoms with Gasteiger partial charge in [0.2, 0.25) is 22.2 Å². The number of aliphatic hydroxyl groups excluding tert-OH is 1. The van der Waals surface area contributed by atoms with Crippen molar-refractivity contribution in [3.63, 3.8) is 0 Å². The summed E-state index contributed by atoms with van der Waals surface area (Å²) >= 11 is 0.900. The van der Waals surface area contributed by atoms with E-state index in [4.69, 9.17) is 0 Å². The highest BCUT2D eigenvalue weighted by atomic mass is 27.0. The molecule has 60 valence electrons. The summed E-state index contributed by atoms with van der Waals surface area (Å²) < 4.78 is -0.0601. The summed E-state index contributed by atoms with van der Waals surface area (Å²) in [6, 6.07) is 0. The molecule has 3 nitrogen and oxygen atoms in total. The van der Waals surface area contributed by atoms with Crippen LogP contribution in [0.1, 0.15) is 13.3 Å². The first-order chi connectivity index (χ1) is 5.11. The van der Waals surface area contributed by atoms with Crippen LogP contribution in [-0.2, 0) is 4.79 Å². The number of carbonyl (C=O) groups excluding carboxylic acids is 1. The topological polar surface area (TPSA) is 40.5 Å². The number of amides is 1. The van der Waals surface area contributed by atoms with Gasteiger partial charge in [-0.2, -0.15) is 0 Å². The number of hydrogen-bond acceptors (Lipinski definition) is 2. The molecule has 4 heteroatoms. The fraction of sp³-hybridized carbons (Fsp3) is 0.857. The van der Waals surface area contributed by atoms with E-state index >= 15 is 0 Å². The van der Waals surface area contributed by atoms with Crippen LogP contribution in [0.3, 0.4) is 0 Å². The predicted molar refractivity (Wildman–Crippen MR) is 42.7 cm³/mol. The number of nitrogens with zero attached hydrogens (tertiary/aromatic N) is 1. The van der Waals surface area contributed by atoms with E-state index in [9.17, 15) is 9.90 Å². The first kappa shape index (κ1) is 7.60. The number of hydrogen-bond donors (Lipinski definition) is 1. The van der Waals surface area contributed by atoms with E-state index in [0.717, 1.165) is 22.7 Å². The minimum atomic E-state index is -0.468. The third-order valence-corrected chi connectivity index (χ3v) is 4.65. The zero-order chi connectivity index (χ0) is 8.22. The number of likely N-dealkylation sites (tertiary alicyclic amines) is 1. The number of fused-ring (bicyclic) bond motifs is 1. The van der Waals surface area contributed by atoms with Gasteiger partial charge in [-0.05, 0) is 13.3 Å². The Bertz CT molecular complexity index is 220. The Morgan fingerprint density at radius 3 is 2.82 bits per heavy atom. The minimum absolute atomic E-state index is 0.0601. The zero-order valence-electron chi connectivity index (χ0n) is 6.87. The Morgan fingerprint density at radius 2 is 2.55 bits per heavy atom. The second kappa shape index (κ2) is 2.01. The van der Waals surface area contributed by atoms with Gasteiger partial charge >= 0.3 is 0 Å². The Balaban J connectivity index is 2.24. The molecule has 0 aromatic heterocycles. The predicted octanol–water partition coefficient (Wildman–Crippen LogP) is -1.02. The molecule has 1 N–H and O–H groups in total. The second-order valence-electron chi connectivity index (χ2n) is 3.73. The van der Waals surface area contributed by atoms with Crippen molar-refractivity contribution < 1.29 is 9.90 Å². The maximum atomic E-state index is 11.5. The fourth-order valence-corrected chi connectivity index (χ4v) is 3.10. The number of piperidine rings is 1. The molecule has 2 aliphatic rings. The lowest BCUT2D eigenvalue weighted by Crippen LogP contribution is -2.36. The van der Waals surface area contributed by atoms with Gasteiger partial charge in [-0.1, -0.05) is 0 Å². The molecule has 1 saturated heterocycles. The number of aliphatic hydroxyl groups is 1. The molecule has 11 heavy (non-hydrogen) atoms. The van der Waals surface area contributed by atoms with Crippen molar-refractivity contribution in [2.75, 3.05) is 6.54 Å². The van der Waals surface area contributed by atoms with Crippen LogP contribution in [0.15, 0.2) is 0 Å². The highest BCUT2D eigenvalue weighted by molar-refractivity contribution is 6.32. The summed E-state index contributed by atoms with van der Waals surface area (Å²) in [5.74, 6) is 0.478. The minimum Gasteiger partial charge on any atom is -0.373 e. The molecule has 3 atom stereocenters. The molecule has 1 aliphatic carbocycles. The van der Waals surface area contributed by atoms with Crippen LogP contribution < -0.4 is 0 Å². The van der Waals surface area contributed by atoms with Gasteiger partial charge in [0.05, 0.1) is 0 Å². The van der Waals surface area contributed by atoms with Crippen LogP contribution in [-0.4, -0.2) is 45.0 Å². The van der Waals surface area contributed by atoms with Gasteiger partial charge in [-0.25, -0.2) is 0 Å². The molecule has 0 aromatic rings. The van der Waals surface area contributed by atoms with Crippen LogP contribution in [0.2, 0.25) is 4.28 Å². The Kier molecular flexibility index (Phi) is 1.39. The first-order valence-electron chi connectivity index (χ1n) is 4.10. The molecule has 0 aromatic carbocycles. The zero-order valence-corrected chi connectivity index (χ0v) is 8.87. The van der Waals surface area contributed by atoms with Crippen LogP contribution in [0, 0.1) is 5.92 Å². The highest BCUT2D eigenvalue weighted by Crippen LogP contribution is 2.64. The Morgan fingerprint density at radius 1 is 1.91 bits per heavy atom. The van der Waals surface area contributed by atoms with E-state index in [1.54, 1.807) is 4.90 Å². The normalized spacial score (nSPS) is 47.8. The van der Waals surface area contributed by atoms with Gasteiger partial charge in [0, 0.05) is 16.7 Å². The summed E-state index contributed by atoms with van der Waals surface area (Å²) in [6.45, 7) is 2.57. The lowest BCUT2D eigenvalue weighted by Gasteiger charge is -2.22. The lowest BCUT2D eigenvalue weighted by molar-refractivity contribution is -0.136. The highest BCUT2D eigenvalue weighted by Gasteiger charge is 2.66. The van der Waals surface area contributed by atoms with E-state index in [-0.39, 0.29) is 16.1 Å². The van der Waals surface area contributed by atoms with Crippen LogP contribution in [0.25, 0.3) is 0 Å². The molecular formula is C7H12AlNO2. The first-order valence-corrected chi connectivity index (χ1v) is 5.10. The standard InChI is InChI=1S/C7H10NO2.Al.2H/c1-2-8-6(9)4-3-5(4)7(8)10;;;/h4,6,9H,2-3H2,1H3;;;. The SMILES string of the molecule is CCN1C(=O)[C]2([AlH2])CC2C1O. The van der Waals surface area contributed by atoms with Gasteiger partial charge in [0.1, 0.15) is 6.23 Å². The van der Waals surface area contributed by atoms with Crippen molar-refractivity contribution in [1.29, 1.82) is 0 Å². The van der Waals surface area contributed by atoms with Crippen molar-refractivity contribution >= 4 is 22.2 Å². The van der Waals surface area contributed by atoms with Crippen LogP contribution in [0.4, 0.5) is 0 Å². The molecule has 2 fully saturated rings. The molecule has 0 spiro atoms. The van der Waals surface area contributed by atoms with Crippen LogP contribution >= 0.6 is 0 Å². The van der Waals surface area contributed by atoms with Gasteiger partial charge in [-0.3, -0.25) is 4.79 Å². The molecule has 1 amide bonds. The maximum absolute atomic E-state index is 11.5. The molecule has 1 aliphatic heterocycles. The van der Waals surface area contributed by atoms with Gasteiger partial charge in [-0.15, -0.1) is 0 Å². The van der Waals surface area contributed by atoms with E-state index in [1.807, 2.05) is 6.92 Å². The molecule has 3 unspecified atom stereocenters. The Hall–Kier alpha value is -0.0375. The molecule has 1 heterocycles. The molecule has 0 radical (unpaired) electrons. The third-order valence-electron chi connectivity index (χ3n) is 3.07. The van der Waals surface area contributed by atoms with Gasteiger partial charge < -0.3 is 10.0 Å². The second-order valence-corrected chi connectivity index (χ2v) is 5.52. The van der Waals surface area contributed by atoms with Crippen molar-refractivity contribution in [2.45, 2.75) is 23.8 Å². The average molecular weight is 169 g/mol. The Labute approximate surface area is 73.8 Å². The van der Waals surface area contributed by atoms with E-state index in [2.05, 4.69) is 0 Å². The smallest absolute Gasteiger partial charge is 0.237 e. The summed E-state index contributed by atoms with van der Waals surface area (Å²) in [4.78, 5) is 13.1. The van der Waals surface area contributed by atoms with E-state index in [1.165, 1.54) is 0 Å².